The van der Waals surface area contributed by atoms with Gasteiger partial charge >= 0.3 is 5.97 Å². The molecule has 2 heterocycles. The summed E-state index contributed by atoms with van der Waals surface area (Å²) in [6.45, 7) is 2.83. The highest BCUT2D eigenvalue weighted by Gasteiger charge is 2.31. The number of halogens is 1. The number of alkyl halides is 1. The number of hydrogen-bond donors (Lipinski definition) is 1. The lowest BCUT2D eigenvalue weighted by molar-refractivity contribution is -0.139. The molecule has 4 rings (SSSR count). The minimum absolute atomic E-state index is 0.0856. The molecule has 1 aliphatic heterocycles. The van der Waals surface area contributed by atoms with E-state index in [-0.39, 0.29) is 18.3 Å². The number of pyridine rings is 1. The number of aromatic nitrogens is 1. The summed E-state index contributed by atoms with van der Waals surface area (Å²) in [5, 5.41) is 11.1. The summed E-state index contributed by atoms with van der Waals surface area (Å²) in [6, 6.07) is 7.30. The van der Waals surface area contributed by atoms with Gasteiger partial charge in [0.2, 0.25) is 0 Å². The molecule has 2 aromatic rings. The average molecular weight is 503 g/mol. The number of methoxy groups -OCH3 is 1. The zero-order chi connectivity index (χ0) is 24.6. The number of nitrogens with zero attached hydrogens (tertiary/aromatic N) is 2. The molecule has 1 N–H and O–H groups in total. The summed E-state index contributed by atoms with van der Waals surface area (Å²) in [4.78, 5) is 18.4. The number of carbonyl (C=O) groups is 1. The van der Waals surface area contributed by atoms with E-state index in [1.54, 1.807) is 19.4 Å². The smallest absolute Gasteiger partial charge is 0.303 e. The summed E-state index contributed by atoms with van der Waals surface area (Å²) < 4.78 is 20.8. The first-order chi connectivity index (χ1) is 17.0. The molecule has 1 saturated heterocycles. The van der Waals surface area contributed by atoms with Crippen molar-refractivity contribution >= 4 is 28.6 Å². The number of thioether (sulfide) groups is 1. The fraction of sp³-hybridized carbons (Fsp3) is 0.643. The van der Waals surface area contributed by atoms with Crippen LogP contribution in [0.1, 0.15) is 69.5 Å². The lowest BCUT2D eigenvalue weighted by atomic mass is 9.79. The molecule has 2 aliphatic rings. The van der Waals surface area contributed by atoms with Crippen molar-refractivity contribution in [2.45, 2.75) is 69.2 Å². The Balaban J connectivity index is 1.32. The maximum atomic E-state index is 15.5. The molecule has 2 fully saturated rings. The van der Waals surface area contributed by atoms with Crippen molar-refractivity contribution in [2.75, 3.05) is 32.5 Å². The van der Waals surface area contributed by atoms with Crippen LogP contribution in [-0.2, 0) is 4.79 Å². The zero-order valence-corrected chi connectivity index (χ0v) is 21.6. The Labute approximate surface area is 212 Å². The number of carboxylic acid groups (broad SMARTS) is 1. The predicted octanol–water partition coefficient (Wildman–Crippen LogP) is 6.51. The number of fused-ring (bicyclic) bond motifs is 1. The highest BCUT2D eigenvalue weighted by molar-refractivity contribution is 7.99. The number of piperidine rings is 1. The van der Waals surface area contributed by atoms with Crippen LogP contribution in [0.5, 0.6) is 5.75 Å². The highest BCUT2D eigenvalue weighted by Crippen LogP contribution is 2.36. The Kier molecular flexibility index (Phi) is 9.67. The molecule has 35 heavy (non-hydrogen) atoms. The summed E-state index contributed by atoms with van der Waals surface area (Å²) in [7, 11) is 1.60. The Bertz CT molecular complexity index is 968. The van der Waals surface area contributed by atoms with Gasteiger partial charge in [0, 0.05) is 42.1 Å². The first-order valence-electron chi connectivity index (χ1n) is 13.2. The van der Waals surface area contributed by atoms with Crippen molar-refractivity contribution in [3.63, 3.8) is 0 Å². The number of carboxylic acids is 1. The van der Waals surface area contributed by atoms with E-state index in [9.17, 15) is 9.90 Å². The van der Waals surface area contributed by atoms with Crippen molar-refractivity contribution in [1.82, 2.24) is 9.88 Å². The number of likely N-dealkylation sites (tertiary alicyclic amines) is 1. The summed E-state index contributed by atoms with van der Waals surface area (Å²) in [6.07, 6.45) is 9.57. The fourth-order valence-electron chi connectivity index (χ4n) is 5.84. The molecule has 0 radical (unpaired) electrons. The minimum Gasteiger partial charge on any atom is -0.497 e. The molecule has 7 heteroatoms. The maximum absolute atomic E-state index is 15.5. The van der Waals surface area contributed by atoms with E-state index in [1.807, 2.05) is 18.2 Å². The van der Waals surface area contributed by atoms with Crippen LogP contribution in [0, 0.1) is 11.8 Å². The molecule has 0 amide bonds. The Morgan fingerprint density at radius 3 is 2.83 bits per heavy atom. The SMILES string of the molecule is COc1ccc2nccc([C@H](F)CC[C@@H]3CCN(CCSC4CCCCC4)C[C@@H]3CC(=O)O)c2c1. The Morgan fingerprint density at radius 2 is 2.06 bits per heavy atom. The van der Waals surface area contributed by atoms with Crippen LogP contribution in [0.15, 0.2) is 30.5 Å². The fourth-order valence-corrected chi connectivity index (χ4v) is 7.20. The normalized spacial score (nSPS) is 22.8. The number of benzene rings is 1. The highest BCUT2D eigenvalue weighted by atomic mass is 32.2. The van der Waals surface area contributed by atoms with Gasteiger partial charge in [0.05, 0.1) is 12.6 Å². The van der Waals surface area contributed by atoms with E-state index in [4.69, 9.17) is 4.74 Å². The van der Waals surface area contributed by atoms with Crippen molar-refractivity contribution in [3.8, 4) is 5.75 Å². The van der Waals surface area contributed by atoms with E-state index in [2.05, 4.69) is 21.6 Å². The molecule has 3 atom stereocenters. The maximum Gasteiger partial charge on any atom is 0.303 e. The first-order valence-corrected chi connectivity index (χ1v) is 14.2. The quantitative estimate of drug-likeness (QED) is 0.378. The van der Waals surface area contributed by atoms with Gasteiger partial charge in [-0.2, -0.15) is 11.8 Å². The lowest BCUT2D eigenvalue weighted by Crippen LogP contribution is -2.42. The second-order valence-corrected chi connectivity index (χ2v) is 11.6. The number of aliphatic carboxylic acids is 1. The van der Waals surface area contributed by atoms with Crippen LogP contribution in [-0.4, -0.2) is 58.7 Å². The van der Waals surface area contributed by atoms with E-state index in [0.29, 0.717) is 24.2 Å². The van der Waals surface area contributed by atoms with E-state index in [1.165, 1.54) is 32.1 Å². The minimum atomic E-state index is -1.11. The van der Waals surface area contributed by atoms with Gasteiger partial charge in [0.25, 0.3) is 0 Å². The van der Waals surface area contributed by atoms with Crippen LogP contribution >= 0.6 is 11.8 Å². The van der Waals surface area contributed by atoms with Crippen LogP contribution in [0.2, 0.25) is 0 Å². The van der Waals surface area contributed by atoms with E-state index < -0.39 is 12.1 Å². The van der Waals surface area contributed by atoms with Gasteiger partial charge in [0.15, 0.2) is 0 Å². The largest absolute Gasteiger partial charge is 0.497 e. The van der Waals surface area contributed by atoms with Crippen molar-refractivity contribution in [2.24, 2.45) is 11.8 Å². The number of hydrogen-bond acceptors (Lipinski definition) is 5. The van der Waals surface area contributed by atoms with E-state index >= 15 is 4.39 Å². The zero-order valence-electron chi connectivity index (χ0n) is 20.8. The molecule has 192 valence electrons. The van der Waals surface area contributed by atoms with Crippen molar-refractivity contribution in [1.29, 1.82) is 0 Å². The second-order valence-electron chi connectivity index (χ2n) is 10.2. The molecule has 1 aliphatic carbocycles. The first kappa shape index (κ1) is 26.2. The van der Waals surface area contributed by atoms with Crippen LogP contribution < -0.4 is 4.74 Å². The van der Waals surface area contributed by atoms with Crippen molar-refractivity contribution < 1.29 is 19.0 Å². The van der Waals surface area contributed by atoms with E-state index in [0.717, 1.165) is 48.0 Å². The molecular weight excluding hydrogens is 463 g/mol. The molecule has 1 aromatic carbocycles. The third-order valence-corrected chi connectivity index (χ3v) is 9.20. The van der Waals surface area contributed by atoms with Crippen LogP contribution in [0.25, 0.3) is 10.9 Å². The monoisotopic (exact) mass is 502 g/mol. The van der Waals surface area contributed by atoms with Gasteiger partial charge in [-0.1, -0.05) is 19.3 Å². The Morgan fingerprint density at radius 1 is 1.23 bits per heavy atom. The van der Waals surface area contributed by atoms with Gasteiger partial charge in [-0.25, -0.2) is 4.39 Å². The standard InChI is InChI=1S/C28H39FN2O3S/c1-34-22-8-10-27-25(18-22)24(11-13-30-27)26(29)9-7-20-12-14-31(19-21(20)17-28(32)33)15-16-35-23-5-3-2-4-6-23/h8,10-11,13,18,20-21,23,26H,2-7,9,12,14-17,19H2,1H3,(H,32,33)/t20-,21+,26-/m1/s1. The summed E-state index contributed by atoms with van der Waals surface area (Å²) in [5.41, 5.74) is 1.40. The van der Waals surface area contributed by atoms with Crippen LogP contribution in [0.4, 0.5) is 4.39 Å². The third kappa shape index (κ3) is 7.32. The molecule has 0 spiro atoms. The molecule has 1 aromatic heterocycles. The molecule has 0 unspecified atom stereocenters. The molecule has 0 bridgehead atoms. The van der Waals surface area contributed by atoms with Crippen molar-refractivity contribution in [3.05, 3.63) is 36.0 Å². The molecular formula is C28H39FN2O3S. The van der Waals surface area contributed by atoms with Gasteiger partial charge in [-0.15, -0.1) is 0 Å². The van der Waals surface area contributed by atoms with Gasteiger partial charge in [0.1, 0.15) is 11.9 Å². The second kappa shape index (κ2) is 12.9. The van der Waals surface area contributed by atoms with Gasteiger partial charge in [-0.05, 0) is 80.3 Å². The third-order valence-electron chi connectivity index (χ3n) is 7.84. The van der Waals surface area contributed by atoms with Crippen LogP contribution in [0.3, 0.4) is 0 Å². The predicted molar refractivity (Wildman–Crippen MR) is 141 cm³/mol. The molecule has 5 nitrogen and oxygen atoms in total. The average Bonchev–Trinajstić information content (AvgIpc) is 2.87. The van der Waals surface area contributed by atoms with Gasteiger partial charge in [-0.3, -0.25) is 9.78 Å². The number of rotatable bonds is 11. The topological polar surface area (TPSA) is 62.7 Å². The molecule has 1 saturated carbocycles. The summed E-state index contributed by atoms with van der Waals surface area (Å²) >= 11 is 2.10. The summed E-state index contributed by atoms with van der Waals surface area (Å²) in [5.74, 6) is 1.40. The Hall–Kier alpha value is -1.86. The van der Waals surface area contributed by atoms with Gasteiger partial charge < -0.3 is 14.7 Å². The lowest BCUT2D eigenvalue weighted by Gasteiger charge is -2.38. The number of ether oxygens (including phenoxy) is 1.